The van der Waals surface area contributed by atoms with Crippen LogP contribution >= 0.6 is 0 Å². The standard InChI is InChI=1S/C22H23N5O2/c1-2-17(14-7-4-3-5-8-14)27-22(29)16-10-6-9-15(11-16)19-13-25-18(12-23)20(26-19)21(24)28/h3-11,13,17H,2,12,23H2,1H3,(H2,24,28)(H,27,29)/t17-/m0/s1. The van der Waals surface area contributed by atoms with Gasteiger partial charge in [-0.25, -0.2) is 4.98 Å². The smallest absolute Gasteiger partial charge is 0.269 e. The Bertz CT molecular complexity index is 1020. The number of carbonyl (C=O) groups is 2. The van der Waals surface area contributed by atoms with Crippen molar-refractivity contribution in [2.24, 2.45) is 11.5 Å². The zero-order valence-corrected chi connectivity index (χ0v) is 16.1. The molecule has 0 fully saturated rings. The van der Waals surface area contributed by atoms with Crippen molar-refractivity contribution in [3.8, 4) is 11.3 Å². The van der Waals surface area contributed by atoms with Crippen molar-refractivity contribution in [1.29, 1.82) is 0 Å². The van der Waals surface area contributed by atoms with Gasteiger partial charge in [-0.2, -0.15) is 0 Å². The quantitative estimate of drug-likeness (QED) is 0.573. The molecule has 1 aromatic heterocycles. The molecule has 7 heteroatoms. The Balaban J connectivity index is 1.87. The summed E-state index contributed by atoms with van der Waals surface area (Å²) >= 11 is 0. The van der Waals surface area contributed by atoms with Crippen LogP contribution in [0.5, 0.6) is 0 Å². The van der Waals surface area contributed by atoms with Gasteiger partial charge in [0.15, 0.2) is 5.69 Å². The normalized spacial score (nSPS) is 11.7. The van der Waals surface area contributed by atoms with Crippen molar-refractivity contribution in [3.05, 3.63) is 83.3 Å². The van der Waals surface area contributed by atoms with Gasteiger partial charge in [-0.05, 0) is 24.1 Å². The average molecular weight is 389 g/mol. The van der Waals surface area contributed by atoms with E-state index in [9.17, 15) is 9.59 Å². The fraction of sp³-hybridized carbons (Fsp3) is 0.182. The Morgan fingerprint density at radius 2 is 1.86 bits per heavy atom. The summed E-state index contributed by atoms with van der Waals surface area (Å²) in [5.74, 6) is -0.883. The van der Waals surface area contributed by atoms with Gasteiger partial charge in [0, 0.05) is 17.7 Å². The van der Waals surface area contributed by atoms with Crippen LogP contribution in [0, 0.1) is 0 Å². The van der Waals surface area contributed by atoms with Crippen LogP contribution in [-0.2, 0) is 6.54 Å². The van der Waals surface area contributed by atoms with Gasteiger partial charge in [-0.3, -0.25) is 14.6 Å². The van der Waals surface area contributed by atoms with Crippen LogP contribution in [0.2, 0.25) is 0 Å². The number of carbonyl (C=O) groups excluding carboxylic acids is 2. The second-order valence-corrected chi connectivity index (χ2v) is 6.54. The molecule has 0 aliphatic rings. The van der Waals surface area contributed by atoms with Crippen molar-refractivity contribution < 1.29 is 9.59 Å². The monoisotopic (exact) mass is 389 g/mol. The van der Waals surface area contributed by atoms with Gasteiger partial charge in [0.1, 0.15) is 0 Å². The summed E-state index contributed by atoms with van der Waals surface area (Å²) < 4.78 is 0. The minimum absolute atomic E-state index is 0.0370. The second-order valence-electron chi connectivity index (χ2n) is 6.54. The Morgan fingerprint density at radius 3 is 2.52 bits per heavy atom. The fourth-order valence-electron chi connectivity index (χ4n) is 3.07. The number of rotatable bonds is 7. The highest BCUT2D eigenvalue weighted by Crippen LogP contribution is 2.21. The maximum Gasteiger partial charge on any atom is 0.269 e. The number of primary amides is 1. The zero-order valence-electron chi connectivity index (χ0n) is 16.1. The first-order valence-electron chi connectivity index (χ1n) is 9.35. The number of benzene rings is 2. The Hall–Kier alpha value is -3.58. The number of nitrogens with one attached hydrogen (secondary N) is 1. The third-order valence-corrected chi connectivity index (χ3v) is 4.61. The van der Waals surface area contributed by atoms with E-state index in [-0.39, 0.29) is 24.2 Å². The fourth-order valence-corrected chi connectivity index (χ4v) is 3.07. The first-order chi connectivity index (χ1) is 14.0. The molecule has 29 heavy (non-hydrogen) atoms. The highest BCUT2D eigenvalue weighted by atomic mass is 16.2. The lowest BCUT2D eigenvalue weighted by Gasteiger charge is -2.17. The van der Waals surface area contributed by atoms with E-state index in [1.165, 1.54) is 6.20 Å². The molecule has 1 heterocycles. The zero-order chi connectivity index (χ0) is 20.8. The molecule has 3 rings (SSSR count). The molecular weight excluding hydrogens is 366 g/mol. The highest BCUT2D eigenvalue weighted by molar-refractivity contribution is 5.96. The Kier molecular flexibility index (Phi) is 6.31. The lowest BCUT2D eigenvalue weighted by molar-refractivity contribution is 0.0934. The van der Waals surface area contributed by atoms with Crippen LogP contribution in [0.25, 0.3) is 11.3 Å². The van der Waals surface area contributed by atoms with E-state index in [0.717, 1.165) is 12.0 Å². The van der Waals surface area contributed by atoms with Crippen LogP contribution in [0.15, 0.2) is 60.8 Å². The lowest BCUT2D eigenvalue weighted by atomic mass is 10.0. The van der Waals surface area contributed by atoms with Crippen molar-refractivity contribution in [2.75, 3.05) is 0 Å². The topological polar surface area (TPSA) is 124 Å². The first-order valence-corrected chi connectivity index (χ1v) is 9.35. The maximum atomic E-state index is 12.8. The molecule has 7 nitrogen and oxygen atoms in total. The van der Waals surface area contributed by atoms with Gasteiger partial charge >= 0.3 is 0 Å². The van der Waals surface area contributed by atoms with Gasteiger partial charge in [0.2, 0.25) is 0 Å². The molecule has 2 amide bonds. The molecule has 1 atom stereocenters. The molecule has 0 saturated heterocycles. The van der Waals surface area contributed by atoms with Gasteiger partial charge in [-0.1, -0.05) is 49.4 Å². The molecule has 0 saturated carbocycles. The first kappa shape index (κ1) is 20.2. The number of aromatic nitrogens is 2. The number of nitrogens with zero attached hydrogens (tertiary/aromatic N) is 2. The summed E-state index contributed by atoms with van der Waals surface area (Å²) in [6.07, 6.45) is 2.29. The molecule has 0 spiro atoms. The third-order valence-electron chi connectivity index (χ3n) is 4.61. The van der Waals surface area contributed by atoms with Crippen molar-refractivity contribution in [2.45, 2.75) is 25.9 Å². The van der Waals surface area contributed by atoms with E-state index in [0.29, 0.717) is 22.5 Å². The average Bonchev–Trinajstić information content (AvgIpc) is 2.77. The minimum atomic E-state index is -0.692. The van der Waals surface area contributed by atoms with Crippen molar-refractivity contribution in [1.82, 2.24) is 15.3 Å². The summed E-state index contributed by atoms with van der Waals surface area (Å²) in [6, 6.07) is 16.7. The summed E-state index contributed by atoms with van der Waals surface area (Å²) in [7, 11) is 0. The summed E-state index contributed by atoms with van der Waals surface area (Å²) in [5, 5.41) is 3.06. The molecule has 2 aromatic carbocycles. The van der Waals surface area contributed by atoms with E-state index in [4.69, 9.17) is 11.5 Å². The van der Waals surface area contributed by atoms with Crippen LogP contribution in [0.4, 0.5) is 0 Å². The number of hydrogen-bond acceptors (Lipinski definition) is 5. The molecule has 148 valence electrons. The highest BCUT2D eigenvalue weighted by Gasteiger charge is 2.16. The molecular formula is C22H23N5O2. The van der Waals surface area contributed by atoms with Crippen molar-refractivity contribution in [3.63, 3.8) is 0 Å². The van der Waals surface area contributed by atoms with Gasteiger partial charge < -0.3 is 16.8 Å². The summed E-state index contributed by atoms with van der Waals surface area (Å²) in [5.41, 5.74) is 14.0. The second kappa shape index (κ2) is 9.07. The van der Waals surface area contributed by atoms with E-state index in [2.05, 4.69) is 15.3 Å². The molecule has 0 unspecified atom stereocenters. The number of amides is 2. The van der Waals surface area contributed by atoms with E-state index < -0.39 is 5.91 Å². The molecule has 0 radical (unpaired) electrons. The molecule has 3 aromatic rings. The van der Waals surface area contributed by atoms with Crippen LogP contribution in [0.1, 0.15) is 51.5 Å². The van der Waals surface area contributed by atoms with E-state index in [1.54, 1.807) is 24.3 Å². The molecule has 0 aliphatic heterocycles. The van der Waals surface area contributed by atoms with E-state index in [1.807, 2.05) is 37.3 Å². The largest absolute Gasteiger partial charge is 0.364 e. The lowest BCUT2D eigenvalue weighted by Crippen LogP contribution is -2.28. The third kappa shape index (κ3) is 4.64. The number of nitrogens with two attached hydrogens (primary N) is 2. The minimum Gasteiger partial charge on any atom is -0.364 e. The van der Waals surface area contributed by atoms with Gasteiger partial charge in [0.25, 0.3) is 11.8 Å². The van der Waals surface area contributed by atoms with Crippen LogP contribution in [-0.4, -0.2) is 21.8 Å². The van der Waals surface area contributed by atoms with Gasteiger partial charge in [-0.15, -0.1) is 0 Å². The van der Waals surface area contributed by atoms with Gasteiger partial charge in [0.05, 0.1) is 23.6 Å². The van der Waals surface area contributed by atoms with Crippen molar-refractivity contribution >= 4 is 11.8 Å². The maximum absolute atomic E-state index is 12.8. The molecule has 0 aliphatic carbocycles. The Morgan fingerprint density at radius 1 is 1.10 bits per heavy atom. The predicted molar refractivity (Wildman–Crippen MR) is 111 cm³/mol. The number of hydrogen-bond donors (Lipinski definition) is 3. The predicted octanol–water partition coefficient (Wildman–Crippen LogP) is 2.58. The Labute approximate surface area is 169 Å². The molecule has 5 N–H and O–H groups in total. The van der Waals surface area contributed by atoms with Crippen LogP contribution < -0.4 is 16.8 Å². The van der Waals surface area contributed by atoms with E-state index >= 15 is 0 Å². The van der Waals surface area contributed by atoms with Crippen LogP contribution in [0.3, 0.4) is 0 Å². The summed E-state index contributed by atoms with van der Waals surface area (Å²) in [6.45, 7) is 2.08. The molecule has 0 bridgehead atoms. The summed E-state index contributed by atoms with van der Waals surface area (Å²) in [4.78, 5) is 32.9. The SMILES string of the molecule is CC[C@H](NC(=O)c1cccc(-c2cnc(CN)c(C(N)=O)n2)c1)c1ccccc1.